The van der Waals surface area contributed by atoms with Gasteiger partial charge in [-0.3, -0.25) is 0 Å². The van der Waals surface area contributed by atoms with Crippen LogP contribution in [0.25, 0.3) is 71.8 Å². The number of para-hydroxylation sites is 6. The fourth-order valence-corrected chi connectivity index (χ4v) is 8.87. The summed E-state index contributed by atoms with van der Waals surface area (Å²) in [4.78, 5) is 2.34. The molecular formula is C52H34N4O. The predicted molar refractivity (Wildman–Crippen MR) is 235 cm³/mol. The van der Waals surface area contributed by atoms with Gasteiger partial charge < -0.3 is 23.3 Å². The number of nitrogens with zero attached hydrogens (tertiary/aromatic N) is 4. The average molecular weight is 731 g/mol. The van der Waals surface area contributed by atoms with Crippen molar-refractivity contribution in [2.45, 2.75) is 0 Å². The van der Waals surface area contributed by atoms with E-state index in [0.717, 1.165) is 67.7 Å². The van der Waals surface area contributed by atoms with Gasteiger partial charge in [-0.25, -0.2) is 0 Å². The van der Waals surface area contributed by atoms with E-state index >= 15 is 0 Å². The fourth-order valence-electron chi connectivity index (χ4n) is 8.87. The van der Waals surface area contributed by atoms with Crippen LogP contribution in [0, 0.1) is 0 Å². The molecule has 1 aliphatic rings. The summed E-state index contributed by atoms with van der Waals surface area (Å²) in [5.41, 5.74) is 13.4. The largest absolute Gasteiger partial charge is 0.453 e. The quantitative estimate of drug-likeness (QED) is 0.176. The molecule has 3 aromatic heterocycles. The van der Waals surface area contributed by atoms with E-state index < -0.39 is 0 Å². The predicted octanol–water partition coefficient (Wildman–Crippen LogP) is 13.9. The van der Waals surface area contributed by atoms with Gasteiger partial charge in [0.1, 0.15) is 0 Å². The Morgan fingerprint density at radius 2 is 0.982 bits per heavy atom. The summed E-state index contributed by atoms with van der Waals surface area (Å²) in [6, 6.07) is 69.4. The third kappa shape index (κ3) is 4.89. The number of aromatic nitrogens is 3. The lowest BCUT2D eigenvalue weighted by Crippen LogP contribution is -2.16. The van der Waals surface area contributed by atoms with Crippen molar-refractivity contribution in [1.29, 1.82) is 0 Å². The molecule has 0 atom stereocenters. The number of benzene rings is 8. The Morgan fingerprint density at radius 3 is 1.77 bits per heavy atom. The maximum atomic E-state index is 6.62. The van der Waals surface area contributed by atoms with Crippen molar-refractivity contribution in [1.82, 2.24) is 13.7 Å². The van der Waals surface area contributed by atoms with E-state index in [1.807, 2.05) is 6.07 Å². The van der Waals surface area contributed by atoms with Gasteiger partial charge in [-0.15, -0.1) is 0 Å². The molecule has 8 aromatic carbocycles. The van der Waals surface area contributed by atoms with Crippen LogP contribution in [0.2, 0.25) is 0 Å². The van der Waals surface area contributed by atoms with Gasteiger partial charge in [-0.1, -0.05) is 97.1 Å². The van der Waals surface area contributed by atoms with E-state index in [4.69, 9.17) is 4.74 Å². The second kappa shape index (κ2) is 12.4. The van der Waals surface area contributed by atoms with Gasteiger partial charge in [0, 0.05) is 56.6 Å². The van der Waals surface area contributed by atoms with E-state index in [9.17, 15) is 0 Å². The van der Waals surface area contributed by atoms with E-state index in [-0.39, 0.29) is 0 Å². The summed E-state index contributed by atoms with van der Waals surface area (Å²) in [6.07, 6.45) is 4.32. The maximum Gasteiger partial charge on any atom is 0.152 e. The highest BCUT2D eigenvalue weighted by Gasteiger charge is 2.28. The van der Waals surface area contributed by atoms with Crippen LogP contribution in [0.15, 0.2) is 207 Å². The highest BCUT2D eigenvalue weighted by molar-refractivity contribution is 6.14. The zero-order chi connectivity index (χ0) is 37.5. The number of anilines is 3. The van der Waals surface area contributed by atoms with Gasteiger partial charge >= 0.3 is 0 Å². The van der Waals surface area contributed by atoms with Crippen molar-refractivity contribution in [2.24, 2.45) is 0 Å². The minimum absolute atomic E-state index is 0.829. The second-order valence-electron chi connectivity index (χ2n) is 14.7. The SMILES string of the molecule is c1ccc(-n2ccc3cc4c(cc32)N(c2cccc(-c3ccccc3-n3c5ccccc5c5cc6c(ccn6-c6ccccc6)cc53)c2)c2ccccc2O4)cc1. The van der Waals surface area contributed by atoms with Crippen LogP contribution < -0.4 is 9.64 Å². The van der Waals surface area contributed by atoms with E-state index in [1.165, 1.54) is 32.7 Å². The molecule has 12 rings (SSSR count). The molecule has 0 N–H and O–H groups in total. The highest BCUT2D eigenvalue weighted by atomic mass is 16.5. The average Bonchev–Trinajstić information content (AvgIpc) is 3.98. The molecule has 4 heterocycles. The molecule has 5 heteroatoms. The lowest BCUT2D eigenvalue weighted by molar-refractivity contribution is 0.477. The van der Waals surface area contributed by atoms with Gasteiger partial charge in [-0.05, 0) is 103 Å². The number of hydrogen-bond acceptors (Lipinski definition) is 2. The zero-order valence-corrected chi connectivity index (χ0v) is 30.8. The Hall–Kier alpha value is -7.76. The summed E-state index contributed by atoms with van der Waals surface area (Å²) in [7, 11) is 0. The maximum absolute atomic E-state index is 6.62. The molecular weight excluding hydrogens is 697 g/mol. The normalized spacial score (nSPS) is 12.3. The van der Waals surface area contributed by atoms with Crippen molar-refractivity contribution in [3.63, 3.8) is 0 Å². The Bertz CT molecular complexity index is 3340. The lowest BCUT2D eigenvalue weighted by atomic mass is 10.0. The molecule has 268 valence electrons. The standard InChI is InChI=1S/C52H34N4O/c1-3-15-38(16-4-1)53-28-26-36-31-49-43(33-47(36)53)42-21-8-10-23-45(42)56(49)44-22-9-7-20-41(44)35-14-13-19-40(30-35)55-46-24-11-12-25-51(46)57-52-32-37-27-29-54(48(37)34-50(52)55)39-17-5-2-6-18-39/h1-34H. The van der Waals surface area contributed by atoms with E-state index in [2.05, 4.69) is 219 Å². The van der Waals surface area contributed by atoms with Gasteiger partial charge in [0.2, 0.25) is 0 Å². The van der Waals surface area contributed by atoms with Crippen molar-refractivity contribution >= 4 is 60.7 Å². The molecule has 0 saturated heterocycles. The van der Waals surface area contributed by atoms with Gasteiger partial charge in [0.05, 0.1) is 39.1 Å². The third-order valence-electron chi connectivity index (χ3n) is 11.5. The van der Waals surface area contributed by atoms with E-state index in [0.29, 0.717) is 0 Å². The number of rotatable bonds is 5. The highest BCUT2D eigenvalue weighted by Crippen LogP contribution is 2.52. The third-order valence-corrected chi connectivity index (χ3v) is 11.5. The topological polar surface area (TPSA) is 27.3 Å². The molecule has 57 heavy (non-hydrogen) atoms. The summed E-state index contributed by atoms with van der Waals surface area (Å²) < 4.78 is 13.6. The number of fused-ring (bicyclic) bond motifs is 7. The molecule has 0 unspecified atom stereocenters. The molecule has 11 aromatic rings. The summed E-state index contributed by atoms with van der Waals surface area (Å²) in [5.74, 6) is 1.66. The monoisotopic (exact) mass is 730 g/mol. The van der Waals surface area contributed by atoms with Crippen molar-refractivity contribution < 1.29 is 4.74 Å². The molecule has 0 radical (unpaired) electrons. The van der Waals surface area contributed by atoms with Crippen LogP contribution in [-0.2, 0) is 0 Å². The molecule has 0 aliphatic carbocycles. The fraction of sp³-hybridized carbons (Fsp3) is 0. The van der Waals surface area contributed by atoms with Gasteiger partial charge in [-0.2, -0.15) is 0 Å². The van der Waals surface area contributed by atoms with Crippen LogP contribution in [0.4, 0.5) is 17.1 Å². The molecule has 0 amide bonds. The van der Waals surface area contributed by atoms with Crippen molar-refractivity contribution in [3.8, 4) is 39.7 Å². The number of ether oxygens (including phenoxy) is 1. The smallest absolute Gasteiger partial charge is 0.152 e. The Labute approximate surface area is 329 Å². The lowest BCUT2D eigenvalue weighted by Gasteiger charge is -2.33. The first kappa shape index (κ1) is 31.6. The summed E-state index contributed by atoms with van der Waals surface area (Å²) in [5, 5.41) is 4.78. The first-order chi connectivity index (χ1) is 28.3. The minimum atomic E-state index is 0.829. The van der Waals surface area contributed by atoms with Crippen molar-refractivity contribution in [3.05, 3.63) is 207 Å². The van der Waals surface area contributed by atoms with Gasteiger partial charge in [0.25, 0.3) is 0 Å². The molecule has 1 aliphatic heterocycles. The molecule has 0 saturated carbocycles. The Morgan fingerprint density at radius 1 is 0.351 bits per heavy atom. The summed E-state index contributed by atoms with van der Waals surface area (Å²) in [6.45, 7) is 0. The zero-order valence-electron chi connectivity index (χ0n) is 30.8. The van der Waals surface area contributed by atoms with Crippen LogP contribution in [-0.4, -0.2) is 13.7 Å². The summed E-state index contributed by atoms with van der Waals surface area (Å²) >= 11 is 0. The van der Waals surface area contributed by atoms with Gasteiger partial charge in [0.15, 0.2) is 11.5 Å². The molecule has 0 fully saturated rings. The van der Waals surface area contributed by atoms with Crippen LogP contribution in [0.5, 0.6) is 11.5 Å². The number of hydrogen-bond donors (Lipinski definition) is 0. The van der Waals surface area contributed by atoms with Crippen molar-refractivity contribution in [2.75, 3.05) is 4.90 Å². The molecule has 5 nitrogen and oxygen atoms in total. The second-order valence-corrected chi connectivity index (χ2v) is 14.7. The first-order valence-electron chi connectivity index (χ1n) is 19.3. The molecule has 0 spiro atoms. The van der Waals surface area contributed by atoms with E-state index in [1.54, 1.807) is 0 Å². The first-order valence-corrected chi connectivity index (χ1v) is 19.3. The van der Waals surface area contributed by atoms with Crippen LogP contribution in [0.3, 0.4) is 0 Å². The van der Waals surface area contributed by atoms with Crippen LogP contribution >= 0.6 is 0 Å². The minimum Gasteiger partial charge on any atom is -0.453 e. The Balaban J connectivity index is 1.04. The molecule has 0 bridgehead atoms. The van der Waals surface area contributed by atoms with Crippen LogP contribution in [0.1, 0.15) is 0 Å². The Kier molecular flexibility index (Phi) is 6.86.